The quantitative estimate of drug-likeness (QED) is 0.777. The highest BCUT2D eigenvalue weighted by Crippen LogP contribution is 2.25. The minimum absolute atomic E-state index is 0.100. The van der Waals surface area contributed by atoms with Crippen LogP contribution >= 0.6 is 11.3 Å². The molecule has 0 bridgehead atoms. The monoisotopic (exact) mass is 317 g/mol. The number of nitrogens with one attached hydrogen (secondary N) is 1. The van der Waals surface area contributed by atoms with Crippen LogP contribution in [0.5, 0.6) is 0 Å². The number of rotatable bonds is 5. The molecule has 6 heteroatoms. The summed E-state index contributed by atoms with van der Waals surface area (Å²) in [5, 5.41) is 2.74. The van der Waals surface area contributed by atoms with Crippen molar-refractivity contribution in [1.29, 1.82) is 0 Å². The Balaban J connectivity index is 2.04. The van der Waals surface area contributed by atoms with Crippen LogP contribution in [0.15, 0.2) is 20.9 Å². The van der Waals surface area contributed by atoms with Crippen molar-refractivity contribution in [2.24, 2.45) is 5.92 Å². The number of nitrogens with zero attached hydrogens (tertiary/aromatic N) is 2. The third-order valence-electron chi connectivity index (χ3n) is 3.41. The molecule has 116 valence electrons. The zero-order chi connectivity index (χ0) is 15.7. The van der Waals surface area contributed by atoms with Crippen molar-refractivity contribution < 1.29 is 4.42 Å². The Kier molecular flexibility index (Phi) is 4.11. The molecule has 3 aromatic heterocycles. The van der Waals surface area contributed by atoms with Gasteiger partial charge in [0.05, 0.1) is 5.39 Å². The van der Waals surface area contributed by atoms with Crippen LogP contribution in [0.3, 0.4) is 0 Å². The fourth-order valence-electron chi connectivity index (χ4n) is 2.47. The number of aryl methyl sites for hydroxylation is 1. The van der Waals surface area contributed by atoms with Gasteiger partial charge in [-0.3, -0.25) is 4.79 Å². The van der Waals surface area contributed by atoms with Crippen LogP contribution in [0.1, 0.15) is 38.6 Å². The van der Waals surface area contributed by atoms with Crippen LogP contribution in [-0.4, -0.2) is 15.0 Å². The molecule has 0 fully saturated rings. The molecule has 3 heterocycles. The maximum Gasteiger partial charge on any atom is 0.260 e. The predicted octanol–water partition coefficient (Wildman–Crippen LogP) is 3.79. The minimum Gasteiger partial charge on any atom is -0.448 e. The van der Waals surface area contributed by atoms with E-state index in [9.17, 15) is 4.79 Å². The number of hydrogen-bond donors (Lipinski definition) is 1. The van der Waals surface area contributed by atoms with E-state index >= 15 is 0 Å². The second kappa shape index (κ2) is 6.04. The topological polar surface area (TPSA) is 71.8 Å². The third-order valence-corrected chi connectivity index (χ3v) is 4.33. The summed E-state index contributed by atoms with van der Waals surface area (Å²) in [6.07, 6.45) is 4.18. The number of aromatic nitrogens is 3. The first-order valence-electron chi connectivity index (χ1n) is 7.53. The van der Waals surface area contributed by atoms with Crippen LogP contribution in [-0.2, 0) is 12.8 Å². The summed E-state index contributed by atoms with van der Waals surface area (Å²) in [5.74, 6) is 1.65. The van der Waals surface area contributed by atoms with Crippen molar-refractivity contribution in [3.8, 4) is 11.5 Å². The molecule has 0 aliphatic heterocycles. The van der Waals surface area contributed by atoms with E-state index in [1.165, 1.54) is 11.3 Å². The summed E-state index contributed by atoms with van der Waals surface area (Å²) >= 11 is 1.51. The highest BCUT2D eigenvalue weighted by molar-refractivity contribution is 7.16. The molecular weight excluding hydrogens is 298 g/mol. The fraction of sp³-hybridized carbons (Fsp3) is 0.438. The molecule has 0 saturated heterocycles. The average Bonchev–Trinajstić information content (AvgIpc) is 3.06. The molecule has 0 radical (unpaired) electrons. The van der Waals surface area contributed by atoms with E-state index in [4.69, 9.17) is 4.42 Å². The van der Waals surface area contributed by atoms with Gasteiger partial charge in [0.25, 0.3) is 5.56 Å². The summed E-state index contributed by atoms with van der Waals surface area (Å²) < 4.78 is 5.40. The van der Waals surface area contributed by atoms with E-state index in [1.807, 2.05) is 5.38 Å². The van der Waals surface area contributed by atoms with E-state index < -0.39 is 0 Å². The summed E-state index contributed by atoms with van der Waals surface area (Å²) in [6, 6.07) is 0. The lowest BCUT2D eigenvalue weighted by Crippen LogP contribution is -2.10. The average molecular weight is 317 g/mol. The maximum atomic E-state index is 12.4. The van der Waals surface area contributed by atoms with Gasteiger partial charge in [-0.1, -0.05) is 20.8 Å². The van der Waals surface area contributed by atoms with Crippen LogP contribution in [0.4, 0.5) is 0 Å². The highest BCUT2D eigenvalue weighted by atomic mass is 32.1. The van der Waals surface area contributed by atoms with E-state index in [-0.39, 0.29) is 5.56 Å². The highest BCUT2D eigenvalue weighted by Gasteiger charge is 2.15. The van der Waals surface area contributed by atoms with Crippen molar-refractivity contribution in [2.45, 2.75) is 40.0 Å². The lowest BCUT2D eigenvalue weighted by atomic mass is 10.0. The molecule has 5 nitrogen and oxygen atoms in total. The van der Waals surface area contributed by atoms with Crippen molar-refractivity contribution in [3.05, 3.63) is 33.5 Å². The number of fused-ring (bicyclic) bond motifs is 1. The molecule has 3 aromatic rings. The van der Waals surface area contributed by atoms with Gasteiger partial charge in [-0.05, 0) is 29.7 Å². The van der Waals surface area contributed by atoms with Gasteiger partial charge in [-0.25, -0.2) is 9.97 Å². The zero-order valence-corrected chi connectivity index (χ0v) is 13.8. The zero-order valence-electron chi connectivity index (χ0n) is 13.0. The molecule has 0 spiro atoms. The second-order valence-electron chi connectivity index (χ2n) is 5.83. The van der Waals surface area contributed by atoms with Crippen LogP contribution in [0.2, 0.25) is 0 Å². The Labute approximate surface area is 132 Å². The fourth-order valence-corrected chi connectivity index (χ4v) is 3.42. The number of oxazole rings is 1. The number of aromatic amines is 1. The molecule has 0 unspecified atom stereocenters. The van der Waals surface area contributed by atoms with Crippen LogP contribution in [0.25, 0.3) is 21.7 Å². The Bertz CT molecular complexity index is 845. The lowest BCUT2D eigenvalue weighted by molar-refractivity contribution is 0.491. The van der Waals surface area contributed by atoms with Crippen molar-refractivity contribution in [1.82, 2.24) is 15.0 Å². The van der Waals surface area contributed by atoms with Gasteiger partial charge in [0, 0.05) is 6.42 Å². The van der Waals surface area contributed by atoms with E-state index in [1.54, 1.807) is 6.26 Å². The number of H-pyrrole nitrogens is 1. The standard InChI is InChI=1S/C16H19N3O2S/c1-4-5-12-17-11(7-21-12)14-18-15(20)13-10(6-9(2)3)8-22-16(13)19-14/h7-9H,4-6H2,1-3H3,(H,18,19,20). The normalized spacial score (nSPS) is 11.6. The molecule has 0 atom stereocenters. The van der Waals surface area contributed by atoms with Crippen molar-refractivity contribution in [3.63, 3.8) is 0 Å². The maximum absolute atomic E-state index is 12.4. The SMILES string of the molecule is CCCc1nc(-c2nc3scc(CC(C)C)c3c(=O)[nH]2)co1. The van der Waals surface area contributed by atoms with E-state index in [0.29, 0.717) is 28.7 Å². The first-order valence-corrected chi connectivity index (χ1v) is 8.41. The summed E-state index contributed by atoms with van der Waals surface area (Å²) in [7, 11) is 0. The largest absolute Gasteiger partial charge is 0.448 e. The van der Waals surface area contributed by atoms with E-state index in [2.05, 4.69) is 35.7 Å². The van der Waals surface area contributed by atoms with Gasteiger partial charge < -0.3 is 9.40 Å². The van der Waals surface area contributed by atoms with Crippen molar-refractivity contribution in [2.75, 3.05) is 0 Å². The molecule has 3 rings (SSSR count). The lowest BCUT2D eigenvalue weighted by Gasteiger charge is -2.02. The molecule has 0 saturated carbocycles. The Morgan fingerprint density at radius 3 is 2.91 bits per heavy atom. The molecular formula is C16H19N3O2S. The number of thiophene rings is 1. The summed E-state index contributed by atoms with van der Waals surface area (Å²) in [6.45, 7) is 6.35. The molecule has 0 aliphatic carbocycles. The Hall–Kier alpha value is -1.95. The smallest absolute Gasteiger partial charge is 0.260 e. The van der Waals surface area contributed by atoms with Crippen LogP contribution < -0.4 is 5.56 Å². The molecule has 1 N–H and O–H groups in total. The second-order valence-corrected chi connectivity index (χ2v) is 6.69. The van der Waals surface area contributed by atoms with Crippen LogP contribution in [0, 0.1) is 5.92 Å². The predicted molar refractivity (Wildman–Crippen MR) is 88.3 cm³/mol. The van der Waals surface area contributed by atoms with Gasteiger partial charge in [0.2, 0.25) is 0 Å². The van der Waals surface area contributed by atoms with Gasteiger partial charge in [-0.2, -0.15) is 0 Å². The van der Waals surface area contributed by atoms with E-state index in [0.717, 1.165) is 29.7 Å². The van der Waals surface area contributed by atoms with Gasteiger partial charge in [0.15, 0.2) is 11.7 Å². The Morgan fingerprint density at radius 1 is 1.36 bits per heavy atom. The number of hydrogen-bond acceptors (Lipinski definition) is 5. The van der Waals surface area contributed by atoms with Crippen molar-refractivity contribution >= 4 is 21.6 Å². The Morgan fingerprint density at radius 2 is 2.18 bits per heavy atom. The third kappa shape index (κ3) is 2.83. The van der Waals surface area contributed by atoms with Gasteiger partial charge in [0.1, 0.15) is 16.8 Å². The summed E-state index contributed by atoms with van der Waals surface area (Å²) in [4.78, 5) is 24.9. The van der Waals surface area contributed by atoms with Gasteiger partial charge >= 0.3 is 0 Å². The molecule has 0 aliphatic rings. The minimum atomic E-state index is -0.100. The molecule has 0 aromatic carbocycles. The first kappa shape index (κ1) is 15.0. The first-order chi connectivity index (χ1) is 10.6. The molecule has 0 amide bonds. The summed E-state index contributed by atoms with van der Waals surface area (Å²) in [5.41, 5.74) is 1.56. The van der Waals surface area contributed by atoms with Gasteiger partial charge in [-0.15, -0.1) is 11.3 Å². The molecule has 22 heavy (non-hydrogen) atoms.